The van der Waals surface area contributed by atoms with Crippen LogP contribution in [0.1, 0.15) is 0 Å². The van der Waals surface area contributed by atoms with Gasteiger partial charge in [0.05, 0.1) is 13.2 Å². The lowest BCUT2D eigenvalue weighted by molar-refractivity contribution is -0.153. The number of carboxylic acid groups (broad SMARTS) is 1. The standard InChI is InChI=1S/C7H14N2O5S/c1-8(2)15(12,13)9-3-4-14-6(5-9)7(10)11/h6H,3-5H2,1-2H3,(H,10,11). The molecule has 1 atom stereocenters. The Morgan fingerprint density at radius 1 is 1.53 bits per heavy atom. The molecule has 0 spiro atoms. The molecule has 0 radical (unpaired) electrons. The van der Waals surface area contributed by atoms with Gasteiger partial charge in [0.15, 0.2) is 6.10 Å². The number of aliphatic carboxylic acids is 1. The molecule has 1 unspecified atom stereocenters. The van der Waals surface area contributed by atoms with Crippen LogP contribution in [-0.2, 0) is 19.7 Å². The van der Waals surface area contributed by atoms with Crippen LogP contribution in [0.15, 0.2) is 0 Å². The molecular formula is C7H14N2O5S. The molecule has 8 heteroatoms. The molecule has 0 aliphatic carbocycles. The Balaban J connectivity index is 2.77. The number of carboxylic acids is 1. The highest BCUT2D eigenvalue weighted by Gasteiger charge is 2.33. The Bertz CT molecular complexity index is 339. The summed E-state index contributed by atoms with van der Waals surface area (Å²) in [6.45, 7) is 0.143. The van der Waals surface area contributed by atoms with Crippen LogP contribution in [0.5, 0.6) is 0 Å². The van der Waals surface area contributed by atoms with E-state index in [9.17, 15) is 13.2 Å². The summed E-state index contributed by atoms with van der Waals surface area (Å²) >= 11 is 0. The van der Waals surface area contributed by atoms with Crippen molar-refractivity contribution >= 4 is 16.2 Å². The lowest BCUT2D eigenvalue weighted by Gasteiger charge is -2.31. The van der Waals surface area contributed by atoms with Crippen LogP contribution in [0.4, 0.5) is 0 Å². The average Bonchev–Trinajstić information content (AvgIpc) is 2.17. The van der Waals surface area contributed by atoms with E-state index in [0.717, 1.165) is 8.61 Å². The van der Waals surface area contributed by atoms with Gasteiger partial charge in [-0.1, -0.05) is 0 Å². The average molecular weight is 238 g/mol. The number of hydrogen-bond acceptors (Lipinski definition) is 4. The lowest BCUT2D eigenvalue weighted by atomic mass is 10.3. The predicted molar refractivity (Wildman–Crippen MR) is 51.6 cm³/mol. The van der Waals surface area contributed by atoms with Crippen molar-refractivity contribution in [1.29, 1.82) is 0 Å². The molecule has 0 amide bonds. The van der Waals surface area contributed by atoms with Crippen LogP contribution in [0.3, 0.4) is 0 Å². The molecule has 15 heavy (non-hydrogen) atoms. The number of morpholine rings is 1. The van der Waals surface area contributed by atoms with Crippen molar-refractivity contribution in [3.63, 3.8) is 0 Å². The van der Waals surface area contributed by atoms with Crippen LogP contribution in [-0.4, -0.2) is 68.0 Å². The first-order valence-electron chi connectivity index (χ1n) is 4.37. The quantitative estimate of drug-likeness (QED) is 0.652. The molecule has 1 saturated heterocycles. The molecule has 7 nitrogen and oxygen atoms in total. The van der Waals surface area contributed by atoms with E-state index < -0.39 is 22.3 Å². The minimum absolute atomic E-state index is 0.101. The predicted octanol–water partition coefficient (Wildman–Crippen LogP) is -1.42. The molecule has 0 aromatic carbocycles. The third-order valence-electron chi connectivity index (χ3n) is 2.09. The normalized spacial score (nSPS) is 24.3. The summed E-state index contributed by atoms with van der Waals surface area (Å²) in [7, 11) is -0.736. The van der Waals surface area contributed by atoms with E-state index in [0.29, 0.717) is 0 Å². The molecule has 1 fully saturated rings. The highest BCUT2D eigenvalue weighted by molar-refractivity contribution is 7.86. The van der Waals surface area contributed by atoms with Crippen molar-refractivity contribution in [2.45, 2.75) is 6.10 Å². The summed E-state index contributed by atoms with van der Waals surface area (Å²) < 4.78 is 30.4. The summed E-state index contributed by atoms with van der Waals surface area (Å²) in [6, 6.07) is 0. The maximum atomic E-state index is 11.7. The number of hydrogen-bond donors (Lipinski definition) is 1. The van der Waals surface area contributed by atoms with Gasteiger partial charge in [-0.3, -0.25) is 0 Å². The summed E-state index contributed by atoms with van der Waals surface area (Å²) in [5.41, 5.74) is 0. The van der Waals surface area contributed by atoms with Crippen molar-refractivity contribution in [2.24, 2.45) is 0 Å². The molecule has 0 aromatic heterocycles. The van der Waals surface area contributed by atoms with Crippen LogP contribution in [0, 0.1) is 0 Å². The molecule has 0 aromatic rings. The highest BCUT2D eigenvalue weighted by atomic mass is 32.2. The molecule has 1 heterocycles. The van der Waals surface area contributed by atoms with Gasteiger partial charge in [0, 0.05) is 20.6 Å². The zero-order valence-electron chi connectivity index (χ0n) is 8.58. The van der Waals surface area contributed by atoms with E-state index in [-0.39, 0.29) is 19.7 Å². The van der Waals surface area contributed by atoms with E-state index in [1.54, 1.807) is 0 Å². The van der Waals surface area contributed by atoms with Gasteiger partial charge in [0.2, 0.25) is 0 Å². The van der Waals surface area contributed by atoms with Crippen LogP contribution in [0.25, 0.3) is 0 Å². The van der Waals surface area contributed by atoms with Gasteiger partial charge in [-0.15, -0.1) is 0 Å². The first kappa shape index (κ1) is 12.4. The highest BCUT2D eigenvalue weighted by Crippen LogP contribution is 2.11. The minimum Gasteiger partial charge on any atom is -0.479 e. The van der Waals surface area contributed by atoms with Crippen molar-refractivity contribution in [3.05, 3.63) is 0 Å². The lowest BCUT2D eigenvalue weighted by Crippen LogP contribution is -2.51. The van der Waals surface area contributed by atoms with Crippen molar-refractivity contribution < 1.29 is 23.1 Å². The molecule has 0 bridgehead atoms. The smallest absolute Gasteiger partial charge is 0.334 e. The first-order chi connectivity index (χ1) is 6.85. The second kappa shape index (κ2) is 4.44. The summed E-state index contributed by atoms with van der Waals surface area (Å²) in [6.07, 6.45) is -1.08. The van der Waals surface area contributed by atoms with Gasteiger partial charge in [0.25, 0.3) is 10.2 Å². The number of carbonyl (C=O) groups is 1. The molecular weight excluding hydrogens is 224 g/mol. The molecule has 1 aliphatic rings. The topological polar surface area (TPSA) is 87.2 Å². The van der Waals surface area contributed by atoms with E-state index in [4.69, 9.17) is 9.84 Å². The fourth-order valence-electron chi connectivity index (χ4n) is 1.22. The Labute approximate surface area is 88.4 Å². The SMILES string of the molecule is CN(C)S(=O)(=O)N1CCOC(C(=O)O)C1. The number of nitrogens with zero attached hydrogens (tertiary/aromatic N) is 2. The van der Waals surface area contributed by atoms with Gasteiger partial charge in [-0.2, -0.15) is 17.0 Å². The van der Waals surface area contributed by atoms with E-state index >= 15 is 0 Å². The second-order valence-electron chi connectivity index (χ2n) is 3.35. The van der Waals surface area contributed by atoms with Gasteiger partial charge < -0.3 is 9.84 Å². The van der Waals surface area contributed by atoms with Crippen LogP contribution < -0.4 is 0 Å². The van der Waals surface area contributed by atoms with Crippen LogP contribution >= 0.6 is 0 Å². The monoisotopic (exact) mass is 238 g/mol. The molecule has 1 aliphatic heterocycles. The summed E-state index contributed by atoms with van der Waals surface area (Å²) in [4.78, 5) is 10.6. The number of rotatable bonds is 3. The number of ether oxygens (including phenoxy) is 1. The Hall–Kier alpha value is -0.700. The Morgan fingerprint density at radius 2 is 2.13 bits per heavy atom. The third-order valence-corrected chi connectivity index (χ3v) is 4.00. The van der Waals surface area contributed by atoms with E-state index in [1.165, 1.54) is 14.1 Å². The first-order valence-corrected chi connectivity index (χ1v) is 5.77. The Morgan fingerprint density at radius 3 is 2.60 bits per heavy atom. The molecule has 1 N–H and O–H groups in total. The van der Waals surface area contributed by atoms with Crippen LogP contribution in [0.2, 0.25) is 0 Å². The van der Waals surface area contributed by atoms with Gasteiger partial charge in [-0.05, 0) is 0 Å². The maximum Gasteiger partial charge on any atom is 0.334 e. The molecule has 1 rings (SSSR count). The van der Waals surface area contributed by atoms with Gasteiger partial charge in [-0.25, -0.2) is 4.79 Å². The third kappa shape index (κ3) is 2.65. The van der Waals surface area contributed by atoms with Crippen molar-refractivity contribution in [2.75, 3.05) is 33.8 Å². The van der Waals surface area contributed by atoms with Crippen molar-refractivity contribution in [3.8, 4) is 0 Å². The van der Waals surface area contributed by atoms with E-state index in [2.05, 4.69) is 0 Å². The zero-order valence-corrected chi connectivity index (χ0v) is 9.40. The fraction of sp³-hybridized carbons (Fsp3) is 0.857. The Kier molecular flexibility index (Phi) is 3.66. The summed E-state index contributed by atoms with van der Waals surface area (Å²) in [5, 5.41) is 8.70. The van der Waals surface area contributed by atoms with Crippen molar-refractivity contribution in [1.82, 2.24) is 8.61 Å². The van der Waals surface area contributed by atoms with Gasteiger partial charge >= 0.3 is 5.97 Å². The maximum absolute atomic E-state index is 11.7. The molecule has 88 valence electrons. The van der Waals surface area contributed by atoms with Gasteiger partial charge in [0.1, 0.15) is 0 Å². The fourth-order valence-corrected chi connectivity index (χ4v) is 2.31. The summed E-state index contributed by atoms with van der Waals surface area (Å²) in [5.74, 6) is -1.14. The largest absolute Gasteiger partial charge is 0.479 e. The second-order valence-corrected chi connectivity index (χ2v) is 5.49. The van der Waals surface area contributed by atoms with E-state index in [1.807, 2.05) is 0 Å². The zero-order chi connectivity index (χ0) is 11.6. The molecule has 0 saturated carbocycles. The minimum atomic E-state index is -3.54.